The average Bonchev–Trinajstić information content (AvgIpc) is 3.18. The molecule has 0 bridgehead atoms. The van der Waals surface area contributed by atoms with Gasteiger partial charge in [0.1, 0.15) is 0 Å². The molecule has 2 aliphatic rings. The summed E-state index contributed by atoms with van der Waals surface area (Å²) in [5.74, 6) is 0. The summed E-state index contributed by atoms with van der Waals surface area (Å²) in [6.45, 7) is 7.63. The Hall–Kier alpha value is -0.440. The largest absolute Gasteiger partial charge is 1.00 e. The molecule has 0 spiro atoms. The zero-order chi connectivity index (χ0) is 18.3. The summed E-state index contributed by atoms with van der Waals surface area (Å²) in [6, 6.07) is 15.8. The van der Waals surface area contributed by atoms with Crippen LogP contribution in [0.1, 0.15) is 33.2 Å². The van der Waals surface area contributed by atoms with Crippen molar-refractivity contribution in [3.8, 4) is 11.1 Å². The van der Waals surface area contributed by atoms with E-state index in [0.29, 0.717) is 3.63 Å². The number of rotatable bonds is 5. The van der Waals surface area contributed by atoms with Gasteiger partial charge in [-0.25, -0.2) is 0 Å². The van der Waals surface area contributed by atoms with Gasteiger partial charge in [0.05, 0.1) is 0 Å². The van der Waals surface area contributed by atoms with Gasteiger partial charge in [-0.1, -0.05) is 0 Å². The molecule has 28 heavy (non-hydrogen) atoms. The van der Waals surface area contributed by atoms with E-state index in [2.05, 4.69) is 74.3 Å². The summed E-state index contributed by atoms with van der Waals surface area (Å²) >= 11 is 1.58. The molecule has 2 aromatic rings. The third-order valence-corrected chi connectivity index (χ3v) is 7.76. The van der Waals surface area contributed by atoms with Crippen molar-refractivity contribution >= 4 is 13.9 Å². The van der Waals surface area contributed by atoms with Gasteiger partial charge in [0.15, 0.2) is 0 Å². The Morgan fingerprint density at radius 3 is 2.39 bits per heavy atom. The van der Waals surface area contributed by atoms with Gasteiger partial charge in [0, 0.05) is 0 Å². The van der Waals surface area contributed by atoms with E-state index in [1.165, 1.54) is 33.4 Å². The first-order valence-corrected chi connectivity index (χ1v) is 14.2. The molecule has 1 atom stereocenters. The number of fused-ring (bicyclic) bond motifs is 3. The molecule has 4 rings (SSSR count). The second-order valence-electron chi connectivity index (χ2n) is 8.11. The molecule has 0 saturated heterocycles. The van der Waals surface area contributed by atoms with Crippen molar-refractivity contribution in [2.24, 2.45) is 0 Å². The van der Waals surface area contributed by atoms with Gasteiger partial charge in [-0.15, -0.1) is 0 Å². The number of allylic oxidation sites excluding steroid dienone is 3. The zero-order valence-corrected chi connectivity index (χ0v) is 21.5. The van der Waals surface area contributed by atoms with E-state index in [1.54, 1.807) is 30.3 Å². The van der Waals surface area contributed by atoms with Crippen molar-refractivity contribution in [1.82, 2.24) is 0 Å². The molecule has 1 unspecified atom stereocenters. The van der Waals surface area contributed by atoms with Crippen molar-refractivity contribution in [2.75, 3.05) is 6.61 Å². The minimum atomic E-state index is -1.44. The van der Waals surface area contributed by atoms with E-state index in [9.17, 15) is 0 Å². The van der Waals surface area contributed by atoms with Crippen molar-refractivity contribution in [3.05, 3.63) is 76.9 Å². The normalized spacial score (nSPS) is 17.1. The van der Waals surface area contributed by atoms with E-state index in [0.717, 1.165) is 19.4 Å². The van der Waals surface area contributed by atoms with Gasteiger partial charge in [0.2, 0.25) is 0 Å². The molecule has 0 N–H and O–H groups in total. The van der Waals surface area contributed by atoms with Crippen molar-refractivity contribution in [2.45, 2.75) is 36.1 Å². The van der Waals surface area contributed by atoms with E-state index in [1.807, 2.05) is 0 Å². The van der Waals surface area contributed by atoms with Crippen LogP contribution in [0.4, 0.5) is 0 Å². The molecule has 0 aliphatic heterocycles. The monoisotopic (exact) mass is 505 g/mol. The molecule has 5 heteroatoms. The maximum Gasteiger partial charge on any atom is -1.00 e. The summed E-state index contributed by atoms with van der Waals surface area (Å²) in [5, 5.41) is 0. The predicted octanol–water partition coefficient (Wildman–Crippen LogP) is 0.266. The standard InChI is InChI=1S/C23H25OSi.2ClH.Zr/c1-25(2,3)24-15-14-17-9-6-11-19(17)21-12-7-13-22-20-10-5-4-8-18(20)16-23(21)22;;;/h4-10,12-13,16H,11,14-15H2,1-3H3;2*1H;/q;;;+2/p-2. The van der Waals surface area contributed by atoms with Gasteiger partial charge in [-0.2, -0.15) is 0 Å². The molecule has 0 aromatic heterocycles. The Bertz CT molecular complexity index is 915. The Labute approximate surface area is 197 Å². The summed E-state index contributed by atoms with van der Waals surface area (Å²) in [4.78, 5) is 0. The first kappa shape index (κ1) is 23.8. The Morgan fingerprint density at radius 2 is 1.64 bits per heavy atom. The van der Waals surface area contributed by atoms with Crippen molar-refractivity contribution in [3.63, 3.8) is 0 Å². The SMILES string of the molecule is C[Si](C)(C)OCCC1=C(c2cccc3c2[CH]([Zr+2])c2ccccc2-3)CC=C1.[Cl-].[Cl-]. The maximum absolute atomic E-state index is 6.12. The quantitative estimate of drug-likeness (QED) is 0.528. The van der Waals surface area contributed by atoms with E-state index >= 15 is 0 Å². The van der Waals surface area contributed by atoms with Crippen LogP contribution in [0.15, 0.2) is 60.2 Å². The number of hydrogen-bond acceptors (Lipinski definition) is 1. The van der Waals surface area contributed by atoms with Crippen LogP contribution in [-0.4, -0.2) is 14.9 Å². The maximum atomic E-state index is 6.12. The third kappa shape index (κ3) is 4.65. The fourth-order valence-corrected chi connectivity index (χ4v) is 6.16. The number of hydrogen-bond donors (Lipinski definition) is 0. The van der Waals surface area contributed by atoms with Crippen LogP contribution in [0, 0.1) is 0 Å². The Balaban J connectivity index is 0.00000140. The Morgan fingerprint density at radius 1 is 0.964 bits per heavy atom. The van der Waals surface area contributed by atoms with Crippen LogP contribution in [0.2, 0.25) is 19.6 Å². The van der Waals surface area contributed by atoms with Crippen LogP contribution < -0.4 is 24.8 Å². The van der Waals surface area contributed by atoms with E-state index in [4.69, 9.17) is 4.43 Å². The van der Waals surface area contributed by atoms with Crippen LogP contribution in [-0.2, 0) is 29.1 Å². The molecule has 2 aromatic carbocycles. The van der Waals surface area contributed by atoms with Gasteiger partial charge >= 0.3 is 174 Å². The second-order valence-corrected chi connectivity index (χ2v) is 14.0. The molecular weight excluding hydrogens is 482 g/mol. The summed E-state index contributed by atoms with van der Waals surface area (Å²) < 4.78 is 6.67. The minimum Gasteiger partial charge on any atom is -1.00 e. The summed E-state index contributed by atoms with van der Waals surface area (Å²) in [5.41, 5.74) is 10.4. The molecule has 2 aliphatic carbocycles. The number of halogens is 2. The topological polar surface area (TPSA) is 9.23 Å². The first-order chi connectivity index (χ1) is 12.5. The number of benzene rings is 2. The van der Waals surface area contributed by atoms with Gasteiger partial charge < -0.3 is 24.8 Å². The molecule has 0 heterocycles. The zero-order valence-electron chi connectivity index (χ0n) is 16.6. The molecule has 1 nitrogen and oxygen atoms in total. The van der Waals surface area contributed by atoms with Crippen molar-refractivity contribution < 1.29 is 54.0 Å². The second kappa shape index (κ2) is 9.58. The van der Waals surface area contributed by atoms with Gasteiger partial charge in [0.25, 0.3) is 0 Å². The summed E-state index contributed by atoms with van der Waals surface area (Å²) in [6.07, 6.45) is 6.72. The van der Waals surface area contributed by atoms with E-state index < -0.39 is 8.32 Å². The molecule has 0 fully saturated rings. The van der Waals surface area contributed by atoms with Crippen LogP contribution in [0.5, 0.6) is 0 Å². The van der Waals surface area contributed by atoms with Gasteiger partial charge in [-0.3, -0.25) is 0 Å². The average molecular weight is 508 g/mol. The smallest absolute Gasteiger partial charge is 1.00 e. The van der Waals surface area contributed by atoms with Gasteiger partial charge in [-0.05, 0) is 0 Å². The first-order valence-electron chi connectivity index (χ1n) is 9.42. The van der Waals surface area contributed by atoms with E-state index in [-0.39, 0.29) is 24.8 Å². The molecular formula is C23H25Cl2OSiZr. The third-order valence-electron chi connectivity index (χ3n) is 5.22. The molecule has 0 amide bonds. The van der Waals surface area contributed by atoms with Crippen LogP contribution in [0.25, 0.3) is 16.7 Å². The fraction of sp³-hybridized carbons (Fsp3) is 0.304. The molecule has 0 saturated carbocycles. The Kier molecular flexibility index (Phi) is 8.15. The molecule has 145 valence electrons. The van der Waals surface area contributed by atoms with Crippen molar-refractivity contribution in [1.29, 1.82) is 0 Å². The molecule has 0 radical (unpaired) electrons. The minimum absolute atomic E-state index is 0. The summed E-state index contributed by atoms with van der Waals surface area (Å²) in [7, 11) is -1.44. The van der Waals surface area contributed by atoms with Crippen LogP contribution in [0.3, 0.4) is 0 Å². The van der Waals surface area contributed by atoms with Crippen LogP contribution >= 0.6 is 0 Å². The fourth-order valence-electron chi connectivity index (χ4n) is 4.06. The predicted molar refractivity (Wildman–Crippen MR) is 108 cm³/mol.